The Hall–Kier alpha value is -2.87. The fourth-order valence-electron chi connectivity index (χ4n) is 2.70. The lowest BCUT2D eigenvalue weighted by molar-refractivity contribution is -0.121. The molecule has 0 fully saturated rings. The molecule has 0 saturated heterocycles. The Morgan fingerprint density at radius 2 is 1.96 bits per heavy atom. The molecule has 3 rings (SSSR count). The van der Waals surface area contributed by atoms with Crippen molar-refractivity contribution in [2.45, 2.75) is 13.0 Å². The highest BCUT2D eigenvalue weighted by Gasteiger charge is 2.32. The van der Waals surface area contributed by atoms with Crippen molar-refractivity contribution in [1.29, 1.82) is 0 Å². The van der Waals surface area contributed by atoms with E-state index in [1.807, 2.05) is 0 Å². The number of rotatable bonds is 5. The smallest absolute Gasteiger partial charge is 0.342 e. The van der Waals surface area contributed by atoms with E-state index in [4.69, 9.17) is 9.15 Å². The zero-order chi connectivity index (χ0) is 18.7. The van der Waals surface area contributed by atoms with Crippen LogP contribution in [0.5, 0.6) is 0 Å². The molecule has 26 heavy (non-hydrogen) atoms. The third-order valence-corrected chi connectivity index (χ3v) is 5.33. The molecule has 2 aromatic rings. The average molecular weight is 375 g/mol. The molecule has 0 bridgehead atoms. The van der Waals surface area contributed by atoms with E-state index in [1.165, 1.54) is 23.3 Å². The van der Waals surface area contributed by atoms with Crippen molar-refractivity contribution < 1.29 is 27.2 Å². The van der Waals surface area contributed by atoms with Crippen LogP contribution in [0.4, 0.5) is 5.69 Å². The number of hydrogen-bond acceptors (Lipinski definition) is 6. The summed E-state index contributed by atoms with van der Waals surface area (Å²) >= 11 is 0. The number of amides is 1. The maximum atomic E-state index is 12.7. The molecule has 0 radical (unpaired) electrons. The van der Waals surface area contributed by atoms with Crippen LogP contribution in [0.2, 0.25) is 0 Å². The fourth-order valence-corrected chi connectivity index (χ4v) is 3.97. The molecule has 1 aliphatic rings. The van der Waals surface area contributed by atoms with E-state index >= 15 is 0 Å². The predicted molar refractivity (Wildman–Crippen MR) is 94.4 cm³/mol. The van der Waals surface area contributed by atoms with Crippen LogP contribution in [-0.4, -0.2) is 38.7 Å². The lowest BCUT2D eigenvalue weighted by Gasteiger charge is -2.27. The number of esters is 1. The Morgan fingerprint density at radius 3 is 2.54 bits per heavy atom. The summed E-state index contributed by atoms with van der Waals surface area (Å²) in [6.45, 7) is 1.10. The minimum Gasteiger partial charge on any atom is -0.469 e. The first-order valence-corrected chi connectivity index (χ1v) is 9.58. The number of aryl methyl sites for hydroxylation is 1. The first kappa shape index (κ1) is 17.9. The van der Waals surface area contributed by atoms with E-state index in [0.717, 1.165) is 5.41 Å². The van der Waals surface area contributed by atoms with E-state index in [2.05, 4.69) is 0 Å². The number of furan rings is 1. The molecule has 8 heteroatoms. The van der Waals surface area contributed by atoms with Crippen LogP contribution in [0.15, 0.2) is 58.6 Å². The van der Waals surface area contributed by atoms with E-state index in [1.54, 1.807) is 37.3 Å². The molecule has 0 saturated carbocycles. The summed E-state index contributed by atoms with van der Waals surface area (Å²) in [5.74, 6) is -1.00. The quantitative estimate of drug-likeness (QED) is 0.743. The summed E-state index contributed by atoms with van der Waals surface area (Å²) in [6, 6.07) is 9.47. The summed E-state index contributed by atoms with van der Waals surface area (Å²) in [5.41, 5.74) is 0.771. The number of para-hydroxylation sites is 1. The first-order valence-electron chi connectivity index (χ1n) is 7.87. The van der Waals surface area contributed by atoms with Gasteiger partial charge in [-0.2, -0.15) is 0 Å². The predicted octanol–water partition coefficient (Wildman–Crippen LogP) is 2.09. The van der Waals surface area contributed by atoms with Gasteiger partial charge < -0.3 is 14.1 Å². The van der Waals surface area contributed by atoms with E-state index in [-0.39, 0.29) is 11.3 Å². The van der Waals surface area contributed by atoms with Gasteiger partial charge in [-0.1, -0.05) is 18.2 Å². The number of nitrogens with zero attached hydrogens (tertiary/aromatic N) is 1. The van der Waals surface area contributed by atoms with Gasteiger partial charge in [-0.05, 0) is 31.2 Å². The Bertz CT molecular complexity index is 945. The molecular weight excluding hydrogens is 358 g/mol. The Balaban J connectivity index is 1.77. The molecule has 1 atom stereocenters. The number of carbonyl (C=O) groups is 2. The molecule has 1 amide bonds. The highest BCUT2D eigenvalue weighted by molar-refractivity contribution is 7.94. The number of benzene rings is 1. The first-order chi connectivity index (χ1) is 12.4. The third kappa shape index (κ3) is 3.85. The van der Waals surface area contributed by atoms with Crippen LogP contribution in [0.1, 0.15) is 16.1 Å². The Morgan fingerprint density at radius 1 is 1.23 bits per heavy atom. The van der Waals surface area contributed by atoms with Crippen molar-refractivity contribution in [2.24, 2.45) is 0 Å². The van der Waals surface area contributed by atoms with Crippen LogP contribution in [0.25, 0.3) is 0 Å². The van der Waals surface area contributed by atoms with Gasteiger partial charge in [0, 0.05) is 11.1 Å². The molecule has 1 aromatic heterocycles. The standard InChI is InChI=1S/C18H17NO6S/c1-13-16(7-9-24-13)18(21)25-11-17(20)19(14-5-3-2-4-6-14)15-8-10-26(22,23)12-15/h2-10,15H,11-12H2,1H3. The van der Waals surface area contributed by atoms with Gasteiger partial charge in [0.15, 0.2) is 16.4 Å². The summed E-state index contributed by atoms with van der Waals surface area (Å²) in [4.78, 5) is 26.1. The van der Waals surface area contributed by atoms with Gasteiger partial charge in [-0.15, -0.1) is 0 Å². The minimum absolute atomic E-state index is 0.206. The van der Waals surface area contributed by atoms with Crippen LogP contribution >= 0.6 is 0 Å². The number of sulfone groups is 1. The Kier molecular flexibility index (Phi) is 4.94. The fraction of sp³-hybridized carbons (Fsp3) is 0.222. The second-order valence-electron chi connectivity index (χ2n) is 5.79. The van der Waals surface area contributed by atoms with Crippen molar-refractivity contribution >= 4 is 27.4 Å². The Labute approximate surface area is 150 Å². The molecule has 1 aliphatic heterocycles. The second-order valence-corrected chi connectivity index (χ2v) is 7.72. The van der Waals surface area contributed by atoms with Crippen LogP contribution in [0, 0.1) is 6.92 Å². The third-order valence-electron chi connectivity index (χ3n) is 3.95. The zero-order valence-corrected chi connectivity index (χ0v) is 14.8. The lowest BCUT2D eigenvalue weighted by atomic mass is 10.2. The lowest BCUT2D eigenvalue weighted by Crippen LogP contribution is -2.43. The summed E-state index contributed by atoms with van der Waals surface area (Å²) in [5, 5.41) is 1.10. The largest absolute Gasteiger partial charge is 0.469 e. The van der Waals surface area contributed by atoms with E-state index < -0.39 is 34.4 Å². The second kappa shape index (κ2) is 7.17. The molecule has 7 nitrogen and oxygen atoms in total. The van der Waals surface area contributed by atoms with Crippen molar-refractivity contribution in [1.82, 2.24) is 0 Å². The molecule has 0 N–H and O–H groups in total. The molecule has 136 valence electrons. The topological polar surface area (TPSA) is 93.9 Å². The SMILES string of the molecule is Cc1occc1C(=O)OCC(=O)N(c1ccccc1)C1C=CS(=O)(=O)C1. The van der Waals surface area contributed by atoms with Gasteiger partial charge in [-0.25, -0.2) is 13.2 Å². The van der Waals surface area contributed by atoms with Crippen molar-refractivity contribution in [3.63, 3.8) is 0 Å². The summed E-state index contributed by atoms with van der Waals surface area (Å²) in [7, 11) is -3.35. The number of carbonyl (C=O) groups excluding carboxylic acids is 2. The van der Waals surface area contributed by atoms with Gasteiger partial charge in [-0.3, -0.25) is 4.79 Å². The normalized spacial score (nSPS) is 17.8. The van der Waals surface area contributed by atoms with Gasteiger partial charge in [0.2, 0.25) is 0 Å². The van der Waals surface area contributed by atoms with Crippen LogP contribution < -0.4 is 4.90 Å². The summed E-state index contributed by atoms with van der Waals surface area (Å²) in [6.07, 6.45) is 2.82. The average Bonchev–Trinajstić information content (AvgIpc) is 3.19. The van der Waals surface area contributed by atoms with Gasteiger partial charge >= 0.3 is 5.97 Å². The van der Waals surface area contributed by atoms with Crippen molar-refractivity contribution in [3.05, 3.63) is 65.5 Å². The van der Waals surface area contributed by atoms with Crippen molar-refractivity contribution in [3.8, 4) is 0 Å². The van der Waals surface area contributed by atoms with Gasteiger partial charge in [0.25, 0.3) is 5.91 Å². The van der Waals surface area contributed by atoms with E-state index in [0.29, 0.717) is 11.4 Å². The number of anilines is 1. The van der Waals surface area contributed by atoms with Crippen molar-refractivity contribution in [2.75, 3.05) is 17.3 Å². The summed E-state index contributed by atoms with van der Waals surface area (Å²) < 4.78 is 33.6. The maximum absolute atomic E-state index is 12.7. The number of hydrogen-bond donors (Lipinski definition) is 0. The molecular formula is C18H17NO6S. The highest BCUT2D eigenvalue weighted by atomic mass is 32.2. The molecule has 0 spiro atoms. The highest BCUT2D eigenvalue weighted by Crippen LogP contribution is 2.23. The molecule has 2 heterocycles. The number of ether oxygens (including phenoxy) is 1. The molecule has 1 aromatic carbocycles. The monoisotopic (exact) mass is 375 g/mol. The minimum atomic E-state index is -3.35. The van der Waals surface area contributed by atoms with Crippen LogP contribution in [-0.2, 0) is 19.4 Å². The van der Waals surface area contributed by atoms with Crippen LogP contribution in [0.3, 0.4) is 0 Å². The van der Waals surface area contributed by atoms with Gasteiger partial charge in [0.05, 0.1) is 18.1 Å². The van der Waals surface area contributed by atoms with Gasteiger partial charge in [0.1, 0.15) is 11.3 Å². The zero-order valence-electron chi connectivity index (χ0n) is 14.0. The maximum Gasteiger partial charge on any atom is 0.342 e. The van der Waals surface area contributed by atoms with E-state index in [9.17, 15) is 18.0 Å². The molecule has 1 unspecified atom stereocenters. The molecule has 0 aliphatic carbocycles.